The van der Waals surface area contributed by atoms with Crippen LogP contribution >= 0.6 is 12.4 Å². The van der Waals surface area contributed by atoms with Crippen LogP contribution in [0.3, 0.4) is 0 Å². The second kappa shape index (κ2) is 9.94. The van der Waals surface area contributed by atoms with Gasteiger partial charge in [0.2, 0.25) is 10.0 Å². The Morgan fingerprint density at radius 2 is 1.70 bits per heavy atom. The molecule has 3 atom stereocenters. The number of nitrogens with one attached hydrogen (secondary N) is 2. The van der Waals surface area contributed by atoms with E-state index in [0.717, 1.165) is 31.9 Å². The zero-order chi connectivity index (χ0) is 21.2. The Bertz CT molecular complexity index is 883. The van der Waals surface area contributed by atoms with Crippen LogP contribution in [0.1, 0.15) is 36.1 Å². The molecule has 0 radical (unpaired) electrons. The first-order chi connectivity index (χ1) is 13.7. The highest BCUT2D eigenvalue weighted by atomic mass is 35.5. The molecule has 168 valence electrons. The lowest BCUT2D eigenvalue weighted by Crippen LogP contribution is -2.60. The van der Waals surface area contributed by atoms with Gasteiger partial charge in [-0.05, 0) is 54.0 Å². The molecule has 2 aliphatic carbocycles. The average molecular weight is 457 g/mol. The molecule has 6 nitrogen and oxygen atoms in total. The summed E-state index contributed by atoms with van der Waals surface area (Å²) in [7, 11) is -3.54. The molecule has 30 heavy (non-hydrogen) atoms. The second-order valence-electron chi connectivity index (χ2n) is 8.12. The van der Waals surface area contributed by atoms with Crippen LogP contribution in [0.25, 0.3) is 0 Å². The van der Waals surface area contributed by atoms with Crippen molar-refractivity contribution in [1.29, 1.82) is 0 Å². The summed E-state index contributed by atoms with van der Waals surface area (Å²) in [6, 6.07) is 3.88. The summed E-state index contributed by atoms with van der Waals surface area (Å²) in [5.74, 6) is 0. The molecule has 8 heteroatoms. The van der Waals surface area contributed by atoms with Crippen LogP contribution in [-0.4, -0.2) is 55.2 Å². The number of benzene rings is 1. The van der Waals surface area contributed by atoms with Gasteiger partial charge in [-0.2, -0.15) is 0 Å². The number of rotatable bonds is 8. The van der Waals surface area contributed by atoms with Crippen LogP contribution in [0.2, 0.25) is 0 Å². The quantitative estimate of drug-likeness (QED) is 0.474. The fourth-order valence-corrected chi connectivity index (χ4v) is 5.07. The summed E-state index contributed by atoms with van der Waals surface area (Å²) < 4.78 is 25.7. The SMILES string of the molecule is CCc1cc2c(cc1CC)CC(NCC(O)C1(O)C=CC=CC1NS(C)(=O)=O)C2.Cl. The van der Waals surface area contributed by atoms with E-state index in [1.165, 1.54) is 28.3 Å². The number of halogens is 1. The van der Waals surface area contributed by atoms with Crippen LogP contribution in [0, 0.1) is 0 Å². The summed E-state index contributed by atoms with van der Waals surface area (Å²) in [5, 5.41) is 25.1. The monoisotopic (exact) mass is 456 g/mol. The van der Waals surface area contributed by atoms with Crippen molar-refractivity contribution in [3.8, 4) is 0 Å². The summed E-state index contributed by atoms with van der Waals surface area (Å²) in [4.78, 5) is 0. The molecule has 0 aromatic heterocycles. The Balaban J connectivity index is 0.00000320. The van der Waals surface area contributed by atoms with Crippen molar-refractivity contribution in [2.75, 3.05) is 12.8 Å². The summed E-state index contributed by atoms with van der Waals surface area (Å²) in [5.41, 5.74) is 3.79. The lowest BCUT2D eigenvalue weighted by molar-refractivity contribution is -0.0500. The molecule has 0 heterocycles. The van der Waals surface area contributed by atoms with Gasteiger partial charge in [-0.15, -0.1) is 12.4 Å². The van der Waals surface area contributed by atoms with Gasteiger partial charge in [0.1, 0.15) is 11.7 Å². The summed E-state index contributed by atoms with van der Waals surface area (Å²) in [6.45, 7) is 4.52. The molecule has 3 rings (SSSR count). The normalized spacial score (nSPS) is 24.5. The number of hydrogen-bond acceptors (Lipinski definition) is 5. The predicted octanol–water partition coefficient (Wildman–Crippen LogP) is 1.43. The van der Waals surface area contributed by atoms with Gasteiger partial charge in [0.15, 0.2) is 0 Å². The van der Waals surface area contributed by atoms with Crippen molar-refractivity contribution < 1.29 is 18.6 Å². The van der Waals surface area contributed by atoms with Gasteiger partial charge in [0, 0.05) is 12.6 Å². The Labute approximate surface area is 185 Å². The van der Waals surface area contributed by atoms with Crippen molar-refractivity contribution in [3.05, 3.63) is 58.7 Å². The molecule has 0 amide bonds. The number of fused-ring (bicyclic) bond motifs is 1. The highest BCUT2D eigenvalue weighted by Crippen LogP contribution is 2.28. The lowest BCUT2D eigenvalue weighted by atomic mass is 9.85. The molecule has 0 saturated heterocycles. The number of aliphatic hydroxyl groups is 2. The zero-order valence-electron chi connectivity index (χ0n) is 17.8. The summed E-state index contributed by atoms with van der Waals surface area (Å²) in [6.07, 6.45) is 9.97. The first-order valence-corrected chi connectivity index (χ1v) is 12.2. The minimum Gasteiger partial charge on any atom is -0.388 e. The Morgan fingerprint density at radius 3 is 2.20 bits per heavy atom. The number of hydrogen-bond donors (Lipinski definition) is 4. The standard InChI is InChI=1S/C22H32N2O4S.ClH/c1-4-15-10-17-12-19(13-18(17)11-16(15)5-2)23-14-21(25)22(26)9-7-6-8-20(22)24-29(3,27)28;/h6-11,19-21,23-26H,4-5,12-14H2,1-3H3;1H. The van der Waals surface area contributed by atoms with Crippen molar-refractivity contribution in [1.82, 2.24) is 10.0 Å². The van der Waals surface area contributed by atoms with E-state index < -0.39 is 27.8 Å². The van der Waals surface area contributed by atoms with E-state index in [1.54, 1.807) is 18.2 Å². The zero-order valence-corrected chi connectivity index (χ0v) is 19.4. The van der Waals surface area contributed by atoms with E-state index >= 15 is 0 Å². The molecular formula is C22H33ClN2O4S. The van der Waals surface area contributed by atoms with Crippen LogP contribution in [0.5, 0.6) is 0 Å². The fourth-order valence-electron chi connectivity index (χ4n) is 4.34. The molecule has 0 saturated carbocycles. The molecular weight excluding hydrogens is 424 g/mol. The van der Waals surface area contributed by atoms with E-state index in [0.29, 0.717) is 0 Å². The molecule has 0 fully saturated rings. The number of aliphatic hydroxyl groups excluding tert-OH is 1. The molecule has 4 N–H and O–H groups in total. The van der Waals surface area contributed by atoms with E-state index in [-0.39, 0.29) is 25.0 Å². The third kappa shape index (κ3) is 5.52. The molecule has 2 aliphatic rings. The number of sulfonamides is 1. The maximum absolute atomic E-state index is 11.6. The maximum atomic E-state index is 11.6. The topological polar surface area (TPSA) is 98.7 Å². The molecule has 0 spiro atoms. The van der Waals surface area contributed by atoms with E-state index in [4.69, 9.17) is 0 Å². The van der Waals surface area contributed by atoms with Crippen molar-refractivity contribution in [3.63, 3.8) is 0 Å². The third-order valence-corrected chi connectivity index (χ3v) is 6.65. The molecule has 0 aliphatic heterocycles. The largest absolute Gasteiger partial charge is 0.388 e. The summed E-state index contributed by atoms with van der Waals surface area (Å²) >= 11 is 0. The van der Waals surface area contributed by atoms with Gasteiger partial charge in [-0.1, -0.05) is 44.2 Å². The smallest absolute Gasteiger partial charge is 0.209 e. The van der Waals surface area contributed by atoms with Gasteiger partial charge in [-0.3, -0.25) is 0 Å². The van der Waals surface area contributed by atoms with Gasteiger partial charge < -0.3 is 15.5 Å². The first-order valence-electron chi connectivity index (χ1n) is 10.3. The highest BCUT2D eigenvalue weighted by molar-refractivity contribution is 7.88. The minimum atomic E-state index is -3.54. The second-order valence-corrected chi connectivity index (χ2v) is 9.90. The van der Waals surface area contributed by atoms with E-state index in [1.807, 2.05) is 0 Å². The molecule has 1 aromatic carbocycles. The van der Waals surface area contributed by atoms with Crippen molar-refractivity contribution in [2.24, 2.45) is 0 Å². The molecule has 3 unspecified atom stereocenters. The maximum Gasteiger partial charge on any atom is 0.209 e. The molecule has 1 aromatic rings. The van der Waals surface area contributed by atoms with Crippen molar-refractivity contribution in [2.45, 2.75) is 63.3 Å². The fraction of sp³-hybridized carbons (Fsp3) is 0.545. The third-order valence-electron chi connectivity index (χ3n) is 5.97. The predicted molar refractivity (Wildman–Crippen MR) is 123 cm³/mol. The average Bonchev–Trinajstić information content (AvgIpc) is 3.07. The first kappa shape index (κ1) is 25.0. The van der Waals surface area contributed by atoms with E-state index in [9.17, 15) is 18.6 Å². The Morgan fingerprint density at radius 1 is 1.13 bits per heavy atom. The van der Waals surface area contributed by atoms with Crippen LogP contribution in [-0.2, 0) is 35.7 Å². The minimum absolute atomic E-state index is 0. The Kier molecular flexibility index (Phi) is 8.29. The molecule has 0 bridgehead atoms. The van der Waals surface area contributed by atoms with Crippen LogP contribution in [0.15, 0.2) is 36.4 Å². The van der Waals surface area contributed by atoms with E-state index in [2.05, 4.69) is 36.0 Å². The van der Waals surface area contributed by atoms with Crippen LogP contribution < -0.4 is 10.0 Å². The number of aryl methyl sites for hydroxylation is 2. The van der Waals surface area contributed by atoms with Gasteiger partial charge in [0.05, 0.1) is 12.3 Å². The lowest BCUT2D eigenvalue weighted by Gasteiger charge is -2.38. The van der Waals surface area contributed by atoms with Gasteiger partial charge in [0.25, 0.3) is 0 Å². The van der Waals surface area contributed by atoms with Crippen LogP contribution in [0.4, 0.5) is 0 Å². The number of allylic oxidation sites excluding steroid dienone is 2. The van der Waals surface area contributed by atoms with Gasteiger partial charge >= 0.3 is 0 Å². The van der Waals surface area contributed by atoms with Gasteiger partial charge in [-0.25, -0.2) is 13.1 Å². The highest BCUT2D eigenvalue weighted by Gasteiger charge is 2.42. The van der Waals surface area contributed by atoms with Crippen molar-refractivity contribution >= 4 is 22.4 Å². The Hall–Kier alpha value is -1.22.